The Bertz CT molecular complexity index is 1290. The Balaban J connectivity index is 1.24. The third-order valence-electron chi connectivity index (χ3n) is 6.81. The van der Waals surface area contributed by atoms with Crippen molar-refractivity contribution in [3.63, 3.8) is 0 Å². The van der Waals surface area contributed by atoms with Crippen LogP contribution < -0.4 is 21.3 Å². The van der Waals surface area contributed by atoms with E-state index in [4.69, 9.17) is 10.3 Å². The number of nitrogen functional groups attached to an aromatic ring is 1. The summed E-state index contributed by atoms with van der Waals surface area (Å²) in [5.74, 6) is 0.559. The first-order valence-corrected chi connectivity index (χ1v) is 12.5. The highest BCUT2D eigenvalue weighted by Gasteiger charge is 2.27. The molecule has 4 N–H and O–H groups in total. The van der Waals surface area contributed by atoms with Crippen molar-refractivity contribution in [1.82, 2.24) is 10.1 Å². The molecule has 2 heterocycles. The Kier molecular flexibility index (Phi) is 7.09. The van der Waals surface area contributed by atoms with Crippen molar-refractivity contribution in [1.29, 1.82) is 0 Å². The molecule has 1 aliphatic rings. The van der Waals surface area contributed by atoms with Gasteiger partial charge in [0.25, 0.3) is 0 Å². The molecule has 4 aromatic rings. The highest BCUT2D eigenvalue weighted by atomic mass is 16.5. The summed E-state index contributed by atoms with van der Waals surface area (Å²) in [7, 11) is 0. The summed E-state index contributed by atoms with van der Waals surface area (Å²) in [6, 6.07) is 26.8. The van der Waals surface area contributed by atoms with E-state index in [1.54, 1.807) is 19.9 Å². The molecule has 0 aliphatic carbocycles. The van der Waals surface area contributed by atoms with Crippen LogP contribution in [0.2, 0.25) is 0 Å². The first-order chi connectivity index (χ1) is 18.0. The fourth-order valence-corrected chi connectivity index (χ4v) is 4.96. The van der Waals surface area contributed by atoms with Crippen LogP contribution >= 0.6 is 0 Å². The van der Waals surface area contributed by atoms with Crippen LogP contribution in [0, 0.1) is 13.8 Å². The minimum Gasteiger partial charge on any atom is -0.397 e. The van der Waals surface area contributed by atoms with Crippen molar-refractivity contribution < 1.29 is 9.32 Å². The lowest BCUT2D eigenvalue weighted by Crippen LogP contribution is -2.48. The molecule has 0 unspecified atom stereocenters. The lowest BCUT2D eigenvalue weighted by atomic mass is 9.96. The maximum Gasteiger partial charge on any atom is 0.323 e. The molecule has 1 fully saturated rings. The van der Waals surface area contributed by atoms with Gasteiger partial charge in [0.05, 0.1) is 17.4 Å². The van der Waals surface area contributed by atoms with Gasteiger partial charge in [-0.05, 0) is 43.2 Å². The van der Waals surface area contributed by atoms with Crippen molar-refractivity contribution in [2.45, 2.75) is 19.9 Å². The molecule has 0 saturated carbocycles. The van der Waals surface area contributed by atoms with E-state index in [9.17, 15) is 4.79 Å². The number of nitrogens with two attached hydrogens (primary N) is 1. The van der Waals surface area contributed by atoms with Gasteiger partial charge in [0.1, 0.15) is 11.4 Å². The molecule has 1 saturated heterocycles. The molecule has 0 radical (unpaired) electrons. The van der Waals surface area contributed by atoms with Crippen LogP contribution in [0.3, 0.4) is 0 Å². The lowest BCUT2D eigenvalue weighted by molar-refractivity contribution is 0.212. The maximum absolute atomic E-state index is 12.5. The third kappa shape index (κ3) is 5.44. The van der Waals surface area contributed by atoms with Crippen LogP contribution in [0.25, 0.3) is 0 Å². The second-order valence-corrected chi connectivity index (χ2v) is 9.30. The summed E-state index contributed by atoms with van der Waals surface area (Å²) in [6.07, 6.45) is 0. The Morgan fingerprint density at radius 1 is 0.892 bits per heavy atom. The van der Waals surface area contributed by atoms with E-state index < -0.39 is 0 Å². The number of anilines is 4. The van der Waals surface area contributed by atoms with Crippen LogP contribution in [-0.2, 0) is 0 Å². The zero-order chi connectivity index (χ0) is 25.8. The standard InChI is InChI=1S/C29H32N6O2/c1-20-27(21(2)37-33-20)32-29(36)31-24-13-14-26(25(30)19-24)34-15-17-35(18-16-34)28(22-9-5-3-6-10-22)23-11-7-4-8-12-23/h3-14,19,28H,15-18,30H2,1-2H3,(H2,31,32,36). The number of nitrogens with one attached hydrogen (secondary N) is 2. The Labute approximate surface area is 217 Å². The Morgan fingerprint density at radius 2 is 1.51 bits per heavy atom. The largest absolute Gasteiger partial charge is 0.397 e. The summed E-state index contributed by atoms with van der Waals surface area (Å²) in [6.45, 7) is 7.07. The van der Waals surface area contributed by atoms with Crippen LogP contribution in [0.5, 0.6) is 0 Å². The number of carbonyl (C=O) groups is 1. The topological polar surface area (TPSA) is 99.7 Å². The predicted octanol–water partition coefficient (Wildman–Crippen LogP) is 5.43. The number of benzene rings is 3. The molecule has 3 aromatic carbocycles. The number of carbonyl (C=O) groups excluding carboxylic acids is 1. The molecule has 1 aromatic heterocycles. The summed E-state index contributed by atoms with van der Waals surface area (Å²) in [4.78, 5) is 17.3. The molecule has 0 spiro atoms. The van der Waals surface area contributed by atoms with Gasteiger partial charge in [-0.2, -0.15) is 0 Å². The molecule has 8 nitrogen and oxygen atoms in total. The monoisotopic (exact) mass is 496 g/mol. The van der Waals surface area contributed by atoms with E-state index in [0.29, 0.717) is 28.5 Å². The van der Waals surface area contributed by atoms with E-state index in [2.05, 4.69) is 86.3 Å². The molecule has 1 aliphatic heterocycles. The van der Waals surface area contributed by atoms with Crippen molar-refractivity contribution >= 4 is 28.8 Å². The molecule has 8 heteroatoms. The minimum absolute atomic E-state index is 0.213. The summed E-state index contributed by atoms with van der Waals surface area (Å²) >= 11 is 0. The number of aryl methyl sites for hydroxylation is 2. The lowest BCUT2D eigenvalue weighted by Gasteiger charge is -2.41. The van der Waals surface area contributed by atoms with Crippen molar-refractivity contribution in [2.24, 2.45) is 0 Å². The third-order valence-corrected chi connectivity index (χ3v) is 6.81. The summed E-state index contributed by atoms with van der Waals surface area (Å²) in [5, 5.41) is 9.48. The Morgan fingerprint density at radius 3 is 2.05 bits per heavy atom. The molecule has 0 atom stereocenters. The van der Waals surface area contributed by atoms with E-state index in [1.165, 1.54) is 11.1 Å². The molecule has 0 bridgehead atoms. The van der Waals surface area contributed by atoms with Crippen molar-refractivity contribution in [3.05, 3.63) is 101 Å². The number of piperazine rings is 1. The SMILES string of the molecule is Cc1noc(C)c1NC(=O)Nc1ccc(N2CCN(C(c3ccccc3)c3ccccc3)CC2)c(N)c1. The normalized spacial score (nSPS) is 14.1. The molecular weight excluding hydrogens is 464 g/mol. The first-order valence-electron chi connectivity index (χ1n) is 12.5. The summed E-state index contributed by atoms with van der Waals surface area (Å²) in [5.41, 5.74) is 12.5. The van der Waals surface area contributed by atoms with Gasteiger partial charge in [0, 0.05) is 31.9 Å². The summed E-state index contributed by atoms with van der Waals surface area (Å²) < 4.78 is 5.10. The van der Waals surface area contributed by atoms with Gasteiger partial charge < -0.3 is 25.8 Å². The average Bonchev–Trinajstić information content (AvgIpc) is 3.23. The predicted molar refractivity (Wildman–Crippen MR) is 148 cm³/mol. The zero-order valence-electron chi connectivity index (χ0n) is 21.1. The highest BCUT2D eigenvalue weighted by Crippen LogP contribution is 2.32. The van der Waals surface area contributed by atoms with Gasteiger partial charge in [-0.15, -0.1) is 0 Å². The molecule has 5 rings (SSSR count). The molecule has 190 valence electrons. The number of hydrogen-bond donors (Lipinski definition) is 3. The molecule has 2 amide bonds. The van der Waals surface area contributed by atoms with Gasteiger partial charge in [-0.25, -0.2) is 4.79 Å². The number of aromatic nitrogens is 1. The smallest absolute Gasteiger partial charge is 0.323 e. The second-order valence-electron chi connectivity index (χ2n) is 9.30. The van der Waals surface area contributed by atoms with Crippen LogP contribution in [0.4, 0.5) is 27.5 Å². The zero-order valence-corrected chi connectivity index (χ0v) is 21.1. The van der Waals surface area contributed by atoms with Crippen molar-refractivity contribution in [3.8, 4) is 0 Å². The maximum atomic E-state index is 12.5. The number of hydrogen-bond acceptors (Lipinski definition) is 6. The van der Waals surface area contributed by atoms with Crippen LogP contribution in [-0.4, -0.2) is 42.3 Å². The number of urea groups is 1. The van der Waals surface area contributed by atoms with Crippen LogP contribution in [0.1, 0.15) is 28.6 Å². The first kappa shape index (κ1) is 24.4. The number of rotatable bonds is 6. The Hall–Kier alpha value is -4.30. The minimum atomic E-state index is -0.372. The average molecular weight is 497 g/mol. The van der Waals surface area contributed by atoms with Gasteiger partial charge in [0.2, 0.25) is 0 Å². The van der Waals surface area contributed by atoms with E-state index in [1.807, 2.05) is 12.1 Å². The number of amides is 2. The second kappa shape index (κ2) is 10.8. The van der Waals surface area contributed by atoms with E-state index in [0.717, 1.165) is 31.9 Å². The van der Waals surface area contributed by atoms with Gasteiger partial charge in [0.15, 0.2) is 5.76 Å². The number of nitrogens with zero attached hydrogens (tertiary/aromatic N) is 3. The fourth-order valence-electron chi connectivity index (χ4n) is 4.96. The fraction of sp³-hybridized carbons (Fsp3) is 0.241. The molecular formula is C29H32N6O2. The molecule has 37 heavy (non-hydrogen) atoms. The van der Waals surface area contributed by atoms with Crippen molar-refractivity contribution in [2.75, 3.05) is 47.4 Å². The van der Waals surface area contributed by atoms with Gasteiger partial charge in [-0.3, -0.25) is 4.90 Å². The highest BCUT2D eigenvalue weighted by molar-refractivity contribution is 6.00. The van der Waals surface area contributed by atoms with E-state index in [-0.39, 0.29) is 12.1 Å². The van der Waals surface area contributed by atoms with Gasteiger partial charge >= 0.3 is 6.03 Å². The quantitative estimate of drug-likeness (QED) is 0.308. The van der Waals surface area contributed by atoms with E-state index >= 15 is 0 Å². The van der Waals surface area contributed by atoms with Crippen LogP contribution in [0.15, 0.2) is 83.4 Å². The van der Waals surface area contributed by atoms with Gasteiger partial charge in [-0.1, -0.05) is 65.8 Å².